The van der Waals surface area contributed by atoms with Crippen LogP contribution < -0.4 is 5.73 Å². The molecular weight excluding hydrogens is 150 g/mol. The highest BCUT2D eigenvalue weighted by Gasteiger charge is 2.14. The monoisotopic (exact) mass is 161 g/mol. The highest BCUT2D eigenvalue weighted by Crippen LogP contribution is 2.25. The largest absolute Gasteiger partial charge is 0.492 e. The molecule has 2 heteroatoms. The lowest BCUT2D eigenvalue weighted by molar-refractivity contribution is 0.151. The molecule has 0 saturated heterocycles. The minimum atomic E-state index is 0.0335. The van der Waals surface area contributed by atoms with Gasteiger partial charge in [0.15, 0.2) is 0 Å². The van der Waals surface area contributed by atoms with Crippen molar-refractivity contribution in [3.8, 4) is 0 Å². The SMILES string of the molecule is NCC1OC=Cc2ccccc21. The Balaban J connectivity index is 2.45. The molecule has 0 saturated carbocycles. The van der Waals surface area contributed by atoms with E-state index < -0.39 is 0 Å². The Kier molecular flexibility index (Phi) is 1.84. The Morgan fingerprint density at radius 3 is 3.00 bits per heavy atom. The summed E-state index contributed by atoms with van der Waals surface area (Å²) in [6.07, 6.45) is 3.70. The second-order valence-corrected chi connectivity index (χ2v) is 2.79. The predicted molar refractivity (Wildman–Crippen MR) is 48.4 cm³/mol. The van der Waals surface area contributed by atoms with Crippen LogP contribution in [-0.2, 0) is 4.74 Å². The Hall–Kier alpha value is -1.28. The first-order valence-corrected chi connectivity index (χ1v) is 4.03. The van der Waals surface area contributed by atoms with Crippen molar-refractivity contribution < 1.29 is 4.74 Å². The van der Waals surface area contributed by atoms with Crippen molar-refractivity contribution in [2.75, 3.05) is 6.54 Å². The van der Waals surface area contributed by atoms with E-state index in [2.05, 4.69) is 12.1 Å². The van der Waals surface area contributed by atoms with Gasteiger partial charge in [-0.25, -0.2) is 0 Å². The van der Waals surface area contributed by atoms with Gasteiger partial charge < -0.3 is 10.5 Å². The molecule has 0 radical (unpaired) electrons. The van der Waals surface area contributed by atoms with Crippen LogP contribution in [0.25, 0.3) is 6.08 Å². The second kappa shape index (κ2) is 2.99. The van der Waals surface area contributed by atoms with Crippen LogP contribution >= 0.6 is 0 Å². The molecule has 1 heterocycles. The number of hydrogen-bond acceptors (Lipinski definition) is 2. The molecule has 0 fully saturated rings. The van der Waals surface area contributed by atoms with E-state index in [9.17, 15) is 0 Å². The first kappa shape index (κ1) is 7.37. The molecule has 1 aromatic rings. The van der Waals surface area contributed by atoms with Gasteiger partial charge in [-0.15, -0.1) is 0 Å². The summed E-state index contributed by atoms with van der Waals surface area (Å²) < 4.78 is 5.35. The number of hydrogen-bond donors (Lipinski definition) is 1. The quantitative estimate of drug-likeness (QED) is 0.680. The van der Waals surface area contributed by atoms with Gasteiger partial charge in [-0.2, -0.15) is 0 Å². The van der Waals surface area contributed by atoms with Crippen LogP contribution in [-0.4, -0.2) is 6.54 Å². The zero-order chi connectivity index (χ0) is 8.39. The molecule has 2 rings (SSSR count). The van der Waals surface area contributed by atoms with Gasteiger partial charge >= 0.3 is 0 Å². The van der Waals surface area contributed by atoms with Gasteiger partial charge in [-0.05, 0) is 11.6 Å². The zero-order valence-corrected chi connectivity index (χ0v) is 6.73. The fourth-order valence-corrected chi connectivity index (χ4v) is 1.42. The maximum Gasteiger partial charge on any atom is 0.136 e. The summed E-state index contributed by atoms with van der Waals surface area (Å²) in [6.45, 7) is 0.529. The molecule has 1 aliphatic heterocycles. The first-order valence-electron chi connectivity index (χ1n) is 4.03. The zero-order valence-electron chi connectivity index (χ0n) is 6.73. The summed E-state index contributed by atoms with van der Waals surface area (Å²) in [5.41, 5.74) is 7.95. The molecule has 62 valence electrons. The fourth-order valence-electron chi connectivity index (χ4n) is 1.42. The van der Waals surface area contributed by atoms with Crippen molar-refractivity contribution in [2.24, 2.45) is 5.73 Å². The third kappa shape index (κ3) is 1.10. The molecule has 2 N–H and O–H groups in total. The minimum Gasteiger partial charge on any atom is -0.492 e. The van der Waals surface area contributed by atoms with Crippen molar-refractivity contribution in [3.05, 3.63) is 41.7 Å². The number of rotatable bonds is 1. The molecule has 1 unspecified atom stereocenters. The fraction of sp³-hybridized carbons (Fsp3) is 0.200. The Bertz CT molecular complexity index is 306. The summed E-state index contributed by atoms with van der Waals surface area (Å²) in [4.78, 5) is 0. The van der Waals surface area contributed by atoms with Gasteiger partial charge in [0.1, 0.15) is 6.10 Å². The van der Waals surface area contributed by atoms with Crippen molar-refractivity contribution in [3.63, 3.8) is 0 Å². The van der Waals surface area contributed by atoms with Crippen molar-refractivity contribution in [1.29, 1.82) is 0 Å². The van der Waals surface area contributed by atoms with Crippen LogP contribution in [0.2, 0.25) is 0 Å². The Labute approximate surface area is 71.6 Å². The first-order chi connectivity index (χ1) is 5.92. The number of benzene rings is 1. The minimum absolute atomic E-state index is 0.0335. The third-order valence-corrected chi connectivity index (χ3v) is 2.05. The van der Waals surface area contributed by atoms with Gasteiger partial charge in [0.25, 0.3) is 0 Å². The highest BCUT2D eigenvalue weighted by molar-refractivity contribution is 5.55. The molecular formula is C10H11NO. The normalized spacial score (nSPS) is 19.9. The number of fused-ring (bicyclic) bond motifs is 1. The second-order valence-electron chi connectivity index (χ2n) is 2.79. The van der Waals surface area contributed by atoms with E-state index >= 15 is 0 Å². The van der Waals surface area contributed by atoms with Crippen LogP contribution in [0.3, 0.4) is 0 Å². The van der Waals surface area contributed by atoms with Crippen LogP contribution in [0.15, 0.2) is 30.5 Å². The molecule has 0 aromatic heterocycles. The predicted octanol–water partition coefficient (Wildman–Crippen LogP) is 1.69. The van der Waals surface area contributed by atoms with Crippen molar-refractivity contribution in [1.82, 2.24) is 0 Å². The third-order valence-electron chi connectivity index (χ3n) is 2.05. The molecule has 0 bridgehead atoms. The average molecular weight is 161 g/mol. The lowest BCUT2D eigenvalue weighted by Crippen LogP contribution is -2.16. The van der Waals surface area contributed by atoms with Gasteiger partial charge in [-0.3, -0.25) is 0 Å². The van der Waals surface area contributed by atoms with Gasteiger partial charge in [0.05, 0.1) is 6.26 Å². The van der Waals surface area contributed by atoms with Gasteiger partial charge in [0.2, 0.25) is 0 Å². The highest BCUT2D eigenvalue weighted by atomic mass is 16.5. The van der Waals surface area contributed by atoms with E-state index in [1.54, 1.807) is 6.26 Å². The molecule has 0 aliphatic carbocycles. The van der Waals surface area contributed by atoms with Crippen LogP contribution in [0.5, 0.6) is 0 Å². The molecule has 12 heavy (non-hydrogen) atoms. The molecule has 1 atom stereocenters. The molecule has 0 spiro atoms. The number of ether oxygens (including phenoxy) is 1. The van der Waals surface area contributed by atoms with E-state index in [0.717, 1.165) is 0 Å². The Morgan fingerprint density at radius 2 is 2.17 bits per heavy atom. The number of nitrogens with two attached hydrogens (primary N) is 1. The lowest BCUT2D eigenvalue weighted by Gasteiger charge is -2.20. The summed E-state index contributed by atoms with van der Waals surface area (Å²) in [7, 11) is 0. The van der Waals surface area contributed by atoms with E-state index in [1.165, 1.54) is 11.1 Å². The summed E-state index contributed by atoms with van der Waals surface area (Å²) in [5, 5.41) is 0. The molecule has 2 nitrogen and oxygen atoms in total. The van der Waals surface area contributed by atoms with E-state index in [0.29, 0.717) is 6.54 Å². The van der Waals surface area contributed by atoms with E-state index in [4.69, 9.17) is 10.5 Å². The van der Waals surface area contributed by atoms with Gasteiger partial charge in [-0.1, -0.05) is 24.3 Å². The smallest absolute Gasteiger partial charge is 0.136 e. The van der Waals surface area contributed by atoms with Crippen LogP contribution in [0, 0.1) is 0 Å². The molecule has 1 aromatic carbocycles. The topological polar surface area (TPSA) is 35.2 Å². The standard InChI is InChI=1S/C10H11NO/c11-7-10-9-4-2-1-3-8(9)5-6-12-10/h1-6,10H,7,11H2. The van der Waals surface area contributed by atoms with Crippen LogP contribution in [0.4, 0.5) is 0 Å². The summed E-state index contributed by atoms with van der Waals surface area (Å²) in [5.74, 6) is 0. The molecule has 1 aliphatic rings. The molecule has 0 amide bonds. The van der Waals surface area contributed by atoms with E-state index in [-0.39, 0.29) is 6.10 Å². The van der Waals surface area contributed by atoms with Gasteiger partial charge in [0, 0.05) is 12.1 Å². The maximum absolute atomic E-state index is 5.56. The van der Waals surface area contributed by atoms with Crippen molar-refractivity contribution in [2.45, 2.75) is 6.10 Å². The lowest BCUT2D eigenvalue weighted by atomic mass is 10.0. The Morgan fingerprint density at radius 1 is 1.33 bits per heavy atom. The average Bonchev–Trinajstić information content (AvgIpc) is 2.17. The van der Waals surface area contributed by atoms with Crippen LogP contribution in [0.1, 0.15) is 17.2 Å². The maximum atomic E-state index is 5.56. The van der Waals surface area contributed by atoms with E-state index in [1.807, 2.05) is 18.2 Å². The summed E-state index contributed by atoms with van der Waals surface area (Å²) in [6, 6.07) is 8.14. The van der Waals surface area contributed by atoms with Crippen molar-refractivity contribution >= 4 is 6.08 Å². The summed E-state index contributed by atoms with van der Waals surface area (Å²) >= 11 is 0.